The quantitative estimate of drug-likeness (QED) is 0.792. The molecule has 0 aliphatic rings. The number of hydrogen-bond acceptors (Lipinski definition) is 4. The van der Waals surface area contributed by atoms with E-state index in [1.807, 2.05) is 30.3 Å². The zero-order chi connectivity index (χ0) is 15.1. The van der Waals surface area contributed by atoms with Crippen molar-refractivity contribution in [1.29, 1.82) is 0 Å². The lowest BCUT2D eigenvalue weighted by Crippen LogP contribution is -2.26. The van der Waals surface area contributed by atoms with Crippen molar-refractivity contribution in [3.63, 3.8) is 0 Å². The summed E-state index contributed by atoms with van der Waals surface area (Å²) >= 11 is 0. The van der Waals surface area contributed by atoms with Crippen LogP contribution in [0.25, 0.3) is 0 Å². The molecule has 0 fully saturated rings. The Morgan fingerprint density at radius 2 is 1.52 bits per heavy atom. The first kappa shape index (κ1) is 14.8. The fourth-order valence-corrected chi connectivity index (χ4v) is 1.70. The molecule has 0 aliphatic carbocycles. The zero-order valence-corrected chi connectivity index (χ0v) is 11.7. The van der Waals surface area contributed by atoms with Crippen LogP contribution in [-0.4, -0.2) is 18.0 Å². The van der Waals surface area contributed by atoms with Gasteiger partial charge in [0, 0.05) is 0 Å². The predicted octanol–water partition coefficient (Wildman–Crippen LogP) is 2.98. The fraction of sp³-hybridized carbons (Fsp3) is 0.176. The van der Waals surface area contributed by atoms with E-state index in [0.29, 0.717) is 5.56 Å². The van der Waals surface area contributed by atoms with Crippen LogP contribution in [-0.2, 0) is 20.9 Å². The molecule has 0 spiro atoms. The summed E-state index contributed by atoms with van der Waals surface area (Å²) in [6.45, 7) is 1.65. The molecule has 0 unspecified atom stereocenters. The Morgan fingerprint density at radius 1 is 0.952 bits per heavy atom. The largest absolute Gasteiger partial charge is 0.458 e. The summed E-state index contributed by atoms with van der Waals surface area (Å²) < 4.78 is 10.2. The van der Waals surface area contributed by atoms with Gasteiger partial charge in [0.25, 0.3) is 0 Å². The van der Waals surface area contributed by atoms with E-state index in [-0.39, 0.29) is 6.61 Å². The molecule has 4 heteroatoms. The molecule has 0 radical (unpaired) electrons. The van der Waals surface area contributed by atoms with Gasteiger partial charge in [-0.15, -0.1) is 0 Å². The number of carbonyl (C=O) groups is 2. The molecule has 0 aliphatic heterocycles. The lowest BCUT2D eigenvalue weighted by Gasteiger charge is -2.12. The maximum absolute atomic E-state index is 11.8. The molecule has 0 saturated carbocycles. The van der Waals surface area contributed by atoms with Crippen LogP contribution in [0.15, 0.2) is 60.7 Å². The predicted molar refractivity (Wildman–Crippen MR) is 77.6 cm³/mol. The van der Waals surface area contributed by atoms with Crippen molar-refractivity contribution < 1.29 is 19.1 Å². The zero-order valence-electron chi connectivity index (χ0n) is 11.7. The van der Waals surface area contributed by atoms with Gasteiger partial charge in [-0.1, -0.05) is 48.5 Å². The highest BCUT2D eigenvalue weighted by atomic mass is 16.6. The minimum atomic E-state index is -0.943. The number of ether oxygens (including phenoxy) is 2. The van der Waals surface area contributed by atoms with Crippen molar-refractivity contribution in [2.45, 2.75) is 19.6 Å². The third-order valence-corrected chi connectivity index (χ3v) is 2.85. The van der Waals surface area contributed by atoms with Gasteiger partial charge in [-0.05, 0) is 24.6 Å². The van der Waals surface area contributed by atoms with E-state index in [1.54, 1.807) is 30.3 Å². The summed E-state index contributed by atoms with van der Waals surface area (Å²) in [4.78, 5) is 23.6. The monoisotopic (exact) mass is 284 g/mol. The van der Waals surface area contributed by atoms with Crippen molar-refractivity contribution >= 4 is 11.9 Å². The summed E-state index contributed by atoms with van der Waals surface area (Å²) in [5.41, 5.74) is 1.28. The molecule has 21 heavy (non-hydrogen) atoms. The Hall–Kier alpha value is -2.62. The van der Waals surface area contributed by atoms with Crippen molar-refractivity contribution in [3.8, 4) is 0 Å². The molecule has 0 amide bonds. The third kappa shape index (κ3) is 4.45. The molecule has 2 aromatic carbocycles. The first-order chi connectivity index (χ1) is 10.2. The average molecular weight is 284 g/mol. The Bertz CT molecular complexity index is 593. The molecule has 0 saturated heterocycles. The third-order valence-electron chi connectivity index (χ3n) is 2.85. The highest BCUT2D eigenvalue weighted by Gasteiger charge is 2.20. The minimum Gasteiger partial charge on any atom is -0.458 e. The van der Waals surface area contributed by atoms with Gasteiger partial charge >= 0.3 is 11.9 Å². The number of hydrogen-bond donors (Lipinski definition) is 0. The molecule has 2 aromatic rings. The first-order valence-corrected chi connectivity index (χ1v) is 6.63. The van der Waals surface area contributed by atoms with Crippen LogP contribution in [0.2, 0.25) is 0 Å². The summed E-state index contributed by atoms with van der Waals surface area (Å²) in [7, 11) is 0. The molecule has 0 aromatic heterocycles. The van der Waals surface area contributed by atoms with Crippen LogP contribution in [0, 0.1) is 0 Å². The van der Waals surface area contributed by atoms with Gasteiger partial charge in [-0.2, -0.15) is 0 Å². The number of carbonyl (C=O) groups excluding carboxylic acids is 2. The molecular formula is C17H16O4. The van der Waals surface area contributed by atoms with Gasteiger partial charge in [-0.25, -0.2) is 9.59 Å². The normalized spacial score (nSPS) is 11.5. The fourth-order valence-electron chi connectivity index (χ4n) is 1.70. The topological polar surface area (TPSA) is 52.6 Å². The van der Waals surface area contributed by atoms with Gasteiger partial charge in [0.05, 0.1) is 5.56 Å². The van der Waals surface area contributed by atoms with E-state index >= 15 is 0 Å². The Kier molecular flexibility index (Phi) is 5.10. The van der Waals surface area contributed by atoms with Crippen LogP contribution in [0.1, 0.15) is 22.8 Å². The lowest BCUT2D eigenvalue weighted by atomic mass is 10.2. The molecule has 2 rings (SSSR count). The van der Waals surface area contributed by atoms with E-state index in [9.17, 15) is 9.59 Å². The maximum Gasteiger partial charge on any atom is 0.347 e. The van der Waals surface area contributed by atoms with Gasteiger partial charge in [-0.3, -0.25) is 0 Å². The Balaban J connectivity index is 1.84. The molecule has 4 nitrogen and oxygen atoms in total. The van der Waals surface area contributed by atoms with Gasteiger partial charge in [0.15, 0.2) is 6.10 Å². The van der Waals surface area contributed by atoms with Crippen molar-refractivity contribution in [2.24, 2.45) is 0 Å². The minimum absolute atomic E-state index is 0.160. The molecule has 1 atom stereocenters. The SMILES string of the molecule is C[C@H](OC(=O)c1ccccc1)C(=O)OCc1ccccc1. The highest BCUT2D eigenvalue weighted by molar-refractivity contribution is 5.91. The second kappa shape index (κ2) is 7.24. The van der Waals surface area contributed by atoms with E-state index in [2.05, 4.69) is 0 Å². The second-order valence-electron chi connectivity index (χ2n) is 4.51. The van der Waals surface area contributed by atoms with E-state index < -0.39 is 18.0 Å². The summed E-state index contributed by atoms with van der Waals surface area (Å²) in [5.74, 6) is -1.11. The van der Waals surface area contributed by atoms with E-state index in [4.69, 9.17) is 9.47 Å². The first-order valence-electron chi connectivity index (χ1n) is 6.63. The highest BCUT2D eigenvalue weighted by Crippen LogP contribution is 2.07. The number of benzene rings is 2. The van der Waals surface area contributed by atoms with Crippen molar-refractivity contribution in [2.75, 3.05) is 0 Å². The van der Waals surface area contributed by atoms with Crippen molar-refractivity contribution in [3.05, 3.63) is 71.8 Å². The summed E-state index contributed by atoms with van der Waals surface area (Å²) in [6.07, 6.45) is -0.943. The summed E-state index contributed by atoms with van der Waals surface area (Å²) in [5, 5.41) is 0. The maximum atomic E-state index is 11.8. The standard InChI is InChI=1S/C17H16O4/c1-13(21-17(19)15-10-6-3-7-11-15)16(18)20-12-14-8-4-2-5-9-14/h2-11,13H,12H2,1H3/t13-/m0/s1. The number of esters is 2. The van der Waals surface area contributed by atoms with Crippen LogP contribution in [0.3, 0.4) is 0 Å². The Morgan fingerprint density at radius 3 is 2.14 bits per heavy atom. The van der Waals surface area contributed by atoms with Crippen LogP contribution in [0.5, 0.6) is 0 Å². The van der Waals surface area contributed by atoms with E-state index in [0.717, 1.165) is 5.56 Å². The van der Waals surface area contributed by atoms with E-state index in [1.165, 1.54) is 6.92 Å². The Labute approximate surface area is 123 Å². The van der Waals surface area contributed by atoms with Crippen LogP contribution >= 0.6 is 0 Å². The van der Waals surface area contributed by atoms with Crippen molar-refractivity contribution in [1.82, 2.24) is 0 Å². The smallest absolute Gasteiger partial charge is 0.347 e. The van der Waals surface area contributed by atoms with Crippen LogP contribution < -0.4 is 0 Å². The molecule has 0 N–H and O–H groups in total. The van der Waals surface area contributed by atoms with Gasteiger partial charge in [0.2, 0.25) is 0 Å². The van der Waals surface area contributed by atoms with Gasteiger partial charge in [0.1, 0.15) is 6.61 Å². The second-order valence-corrected chi connectivity index (χ2v) is 4.51. The molecule has 0 bridgehead atoms. The molecule has 0 heterocycles. The molecular weight excluding hydrogens is 268 g/mol. The number of rotatable bonds is 5. The summed E-state index contributed by atoms with van der Waals surface area (Å²) in [6, 6.07) is 17.8. The lowest BCUT2D eigenvalue weighted by molar-refractivity contribution is -0.154. The van der Waals surface area contributed by atoms with Gasteiger partial charge < -0.3 is 9.47 Å². The molecule has 108 valence electrons. The van der Waals surface area contributed by atoms with Crippen LogP contribution in [0.4, 0.5) is 0 Å². The average Bonchev–Trinajstić information content (AvgIpc) is 2.54.